The van der Waals surface area contributed by atoms with Crippen LogP contribution in [0.2, 0.25) is 0 Å². The third-order valence-electron chi connectivity index (χ3n) is 3.22. The first-order valence-corrected chi connectivity index (χ1v) is 5.68. The molecule has 1 aromatic heterocycles. The molecule has 6 heteroatoms. The Morgan fingerprint density at radius 2 is 2.00 bits per heavy atom. The van der Waals surface area contributed by atoms with E-state index in [0.717, 1.165) is 31.7 Å². The van der Waals surface area contributed by atoms with E-state index >= 15 is 0 Å². The lowest BCUT2D eigenvalue weighted by molar-refractivity contribution is 0.0302. The van der Waals surface area contributed by atoms with Gasteiger partial charge in [0.05, 0.1) is 24.6 Å². The molecule has 0 radical (unpaired) electrons. The van der Waals surface area contributed by atoms with Gasteiger partial charge in [0.1, 0.15) is 5.82 Å². The molecule has 0 spiro atoms. The third kappa shape index (κ3) is 1.95. The van der Waals surface area contributed by atoms with E-state index in [0.29, 0.717) is 0 Å². The number of fused-ring (bicyclic) bond motifs is 2. The summed E-state index contributed by atoms with van der Waals surface area (Å²) in [6.45, 7) is 1.63. The number of aromatic nitrogens is 2. The van der Waals surface area contributed by atoms with Gasteiger partial charge < -0.3 is 14.7 Å². The van der Waals surface area contributed by atoms with Gasteiger partial charge in [-0.2, -0.15) is 0 Å². The summed E-state index contributed by atoms with van der Waals surface area (Å²) < 4.78 is 5.73. The number of rotatable bonds is 2. The van der Waals surface area contributed by atoms with Gasteiger partial charge in [0, 0.05) is 13.1 Å². The summed E-state index contributed by atoms with van der Waals surface area (Å²) in [5.41, 5.74) is -0.0232. The summed E-state index contributed by atoms with van der Waals surface area (Å²) in [4.78, 5) is 20.8. The summed E-state index contributed by atoms with van der Waals surface area (Å²) in [5, 5.41) is 8.74. The zero-order valence-electron chi connectivity index (χ0n) is 9.24. The summed E-state index contributed by atoms with van der Waals surface area (Å²) in [6, 6.07) is 0. The number of carbonyl (C=O) groups is 1. The molecule has 17 heavy (non-hydrogen) atoms. The molecular weight excluding hydrogens is 222 g/mol. The van der Waals surface area contributed by atoms with E-state index in [-0.39, 0.29) is 17.9 Å². The molecule has 3 heterocycles. The van der Waals surface area contributed by atoms with Gasteiger partial charge in [-0.1, -0.05) is 0 Å². The van der Waals surface area contributed by atoms with Crippen molar-refractivity contribution in [3.8, 4) is 0 Å². The Hall–Kier alpha value is -1.69. The maximum Gasteiger partial charge on any atom is 0.356 e. The zero-order chi connectivity index (χ0) is 11.8. The van der Waals surface area contributed by atoms with Crippen LogP contribution in [0.5, 0.6) is 0 Å². The monoisotopic (exact) mass is 235 g/mol. The van der Waals surface area contributed by atoms with Gasteiger partial charge in [-0.05, 0) is 12.8 Å². The normalized spacial score (nSPS) is 27.2. The molecule has 2 saturated heterocycles. The van der Waals surface area contributed by atoms with Gasteiger partial charge in [0.15, 0.2) is 5.69 Å². The number of hydrogen-bond acceptors (Lipinski definition) is 5. The molecule has 2 atom stereocenters. The van der Waals surface area contributed by atoms with Crippen LogP contribution in [0.3, 0.4) is 0 Å². The molecule has 2 aliphatic heterocycles. The number of aromatic carboxylic acids is 1. The van der Waals surface area contributed by atoms with Crippen LogP contribution < -0.4 is 4.90 Å². The maximum atomic E-state index is 10.7. The minimum atomic E-state index is -1.05. The molecule has 3 rings (SSSR count). The lowest BCUT2D eigenvalue weighted by Gasteiger charge is -2.32. The average molecular weight is 235 g/mol. The Kier molecular flexibility index (Phi) is 2.44. The standard InChI is InChI=1S/C11H13N3O3/c15-11(16)9-3-13-10(4-12-9)14-5-7-1-2-8(6-14)17-7/h3-4,7-8H,1-2,5-6H2,(H,15,16). The van der Waals surface area contributed by atoms with Gasteiger partial charge in [0.25, 0.3) is 0 Å². The van der Waals surface area contributed by atoms with Crippen molar-refractivity contribution in [3.63, 3.8) is 0 Å². The lowest BCUT2D eigenvalue weighted by Crippen LogP contribution is -2.43. The SMILES string of the molecule is O=C(O)c1cnc(N2CC3CCC(C2)O3)cn1. The second-order valence-electron chi connectivity index (χ2n) is 4.43. The number of carboxylic acids is 1. The van der Waals surface area contributed by atoms with Crippen LogP contribution in [0.15, 0.2) is 12.4 Å². The Bertz CT molecular complexity index is 422. The van der Waals surface area contributed by atoms with Crippen molar-refractivity contribution in [3.05, 3.63) is 18.1 Å². The number of nitrogens with zero attached hydrogens (tertiary/aromatic N) is 3. The predicted octanol–water partition coefficient (Wildman–Crippen LogP) is 0.542. The summed E-state index contributed by atoms with van der Waals surface area (Å²) in [5.74, 6) is -0.318. The Morgan fingerprint density at radius 1 is 1.29 bits per heavy atom. The van der Waals surface area contributed by atoms with Gasteiger partial charge >= 0.3 is 5.97 Å². The second kappa shape index (κ2) is 3.96. The fraction of sp³-hybridized carbons (Fsp3) is 0.545. The van der Waals surface area contributed by atoms with E-state index in [9.17, 15) is 4.79 Å². The van der Waals surface area contributed by atoms with Crippen molar-refractivity contribution in [2.45, 2.75) is 25.0 Å². The molecule has 2 bridgehead atoms. The van der Waals surface area contributed by atoms with E-state index in [1.165, 1.54) is 12.4 Å². The quantitative estimate of drug-likeness (QED) is 0.806. The van der Waals surface area contributed by atoms with Gasteiger partial charge in [-0.25, -0.2) is 14.8 Å². The Morgan fingerprint density at radius 3 is 2.53 bits per heavy atom. The predicted molar refractivity (Wildman–Crippen MR) is 59.1 cm³/mol. The molecule has 0 aliphatic carbocycles. The van der Waals surface area contributed by atoms with Crippen LogP contribution in [0.4, 0.5) is 5.82 Å². The van der Waals surface area contributed by atoms with Gasteiger partial charge in [-0.15, -0.1) is 0 Å². The largest absolute Gasteiger partial charge is 0.476 e. The van der Waals surface area contributed by atoms with Crippen LogP contribution in [-0.2, 0) is 4.74 Å². The van der Waals surface area contributed by atoms with Crippen molar-refractivity contribution in [2.24, 2.45) is 0 Å². The van der Waals surface area contributed by atoms with Crippen LogP contribution in [-0.4, -0.2) is 46.3 Å². The van der Waals surface area contributed by atoms with Crippen molar-refractivity contribution in [1.29, 1.82) is 0 Å². The summed E-state index contributed by atoms with van der Waals surface area (Å²) in [6.07, 6.45) is 5.59. The maximum absolute atomic E-state index is 10.7. The zero-order valence-corrected chi connectivity index (χ0v) is 9.24. The van der Waals surface area contributed by atoms with E-state index in [1.807, 2.05) is 0 Å². The highest BCUT2D eigenvalue weighted by Crippen LogP contribution is 2.28. The summed E-state index contributed by atoms with van der Waals surface area (Å²) >= 11 is 0. The topological polar surface area (TPSA) is 75.5 Å². The number of morpholine rings is 1. The molecular formula is C11H13N3O3. The van der Waals surface area contributed by atoms with Gasteiger partial charge in [-0.3, -0.25) is 0 Å². The fourth-order valence-corrected chi connectivity index (χ4v) is 2.40. The number of hydrogen-bond donors (Lipinski definition) is 1. The highest BCUT2D eigenvalue weighted by molar-refractivity contribution is 5.84. The first kappa shape index (κ1) is 10.5. The average Bonchev–Trinajstić information content (AvgIpc) is 2.68. The minimum absolute atomic E-state index is 0.0232. The van der Waals surface area contributed by atoms with E-state index in [4.69, 9.17) is 9.84 Å². The molecule has 1 N–H and O–H groups in total. The molecule has 90 valence electrons. The van der Waals surface area contributed by atoms with Crippen LogP contribution >= 0.6 is 0 Å². The minimum Gasteiger partial charge on any atom is -0.476 e. The Labute approximate surface area is 98.2 Å². The third-order valence-corrected chi connectivity index (χ3v) is 3.22. The van der Waals surface area contributed by atoms with E-state index in [2.05, 4.69) is 14.9 Å². The van der Waals surface area contributed by atoms with Crippen LogP contribution in [0.1, 0.15) is 23.3 Å². The number of carboxylic acid groups (broad SMARTS) is 1. The highest BCUT2D eigenvalue weighted by atomic mass is 16.5. The molecule has 0 amide bonds. The smallest absolute Gasteiger partial charge is 0.356 e. The van der Waals surface area contributed by atoms with Crippen molar-refractivity contribution in [2.75, 3.05) is 18.0 Å². The first-order chi connectivity index (χ1) is 8.22. The lowest BCUT2D eigenvalue weighted by atomic mass is 10.2. The molecule has 0 saturated carbocycles. The van der Waals surface area contributed by atoms with Crippen molar-refractivity contribution in [1.82, 2.24) is 9.97 Å². The van der Waals surface area contributed by atoms with Crippen LogP contribution in [0.25, 0.3) is 0 Å². The van der Waals surface area contributed by atoms with Crippen molar-refractivity contribution >= 4 is 11.8 Å². The van der Waals surface area contributed by atoms with E-state index < -0.39 is 5.97 Å². The first-order valence-electron chi connectivity index (χ1n) is 5.68. The van der Waals surface area contributed by atoms with E-state index in [1.54, 1.807) is 0 Å². The van der Waals surface area contributed by atoms with Crippen LogP contribution in [0, 0.1) is 0 Å². The second-order valence-corrected chi connectivity index (χ2v) is 4.43. The number of ether oxygens (including phenoxy) is 1. The highest BCUT2D eigenvalue weighted by Gasteiger charge is 2.34. The molecule has 0 aromatic carbocycles. The number of anilines is 1. The van der Waals surface area contributed by atoms with Crippen molar-refractivity contribution < 1.29 is 14.6 Å². The molecule has 6 nitrogen and oxygen atoms in total. The molecule has 1 aromatic rings. The molecule has 2 fully saturated rings. The summed E-state index contributed by atoms with van der Waals surface area (Å²) in [7, 11) is 0. The van der Waals surface area contributed by atoms with Gasteiger partial charge in [0.2, 0.25) is 0 Å². The fourth-order valence-electron chi connectivity index (χ4n) is 2.40. The molecule has 2 unspecified atom stereocenters. The molecule has 2 aliphatic rings. The Balaban J connectivity index is 1.78.